The van der Waals surface area contributed by atoms with Crippen LogP contribution in [0.4, 0.5) is 5.82 Å². The van der Waals surface area contributed by atoms with Crippen molar-refractivity contribution >= 4 is 55.9 Å². The molecule has 1 aliphatic rings. The van der Waals surface area contributed by atoms with Crippen LogP contribution in [-0.4, -0.2) is 9.03 Å². The summed E-state index contributed by atoms with van der Waals surface area (Å²) in [5, 5.41) is 4.02. The SMILES string of the molecule is Clc1c(Br)cnc2c1CC(I)N2. The maximum Gasteiger partial charge on any atom is 0.131 e. The highest BCUT2D eigenvalue weighted by atomic mass is 127. The number of fused-ring (bicyclic) bond motifs is 1. The smallest absolute Gasteiger partial charge is 0.131 e. The van der Waals surface area contributed by atoms with E-state index in [1.807, 2.05) is 0 Å². The second kappa shape index (κ2) is 3.31. The highest BCUT2D eigenvalue weighted by Gasteiger charge is 2.22. The Labute approximate surface area is 97.4 Å². The second-order valence-electron chi connectivity index (χ2n) is 2.56. The summed E-state index contributed by atoms with van der Waals surface area (Å²) in [6.45, 7) is 0. The van der Waals surface area contributed by atoms with Gasteiger partial charge in [0.05, 0.1) is 13.5 Å². The van der Waals surface area contributed by atoms with Crippen molar-refractivity contribution in [2.75, 3.05) is 5.32 Å². The quantitative estimate of drug-likeness (QED) is 0.437. The van der Waals surface area contributed by atoms with Crippen LogP contribution in [0.25, 0.3) is 0 Å². The molecular weight excluding hydrogens is 354 g/mol. The number of nitrogens with zero attached hydrogens (tertiary/aromatic N) is 1. The molecule has 0 radical (unpaired) electrons. The average molecular weight is 359 g/mol. The zero-order valence-electron chi connectivity index (χ0n) is 5.94. The predicted molar refractivity (Wildman–Crippen MR) is 62.1 cm³/mol. The summed E-state index contributed by atoms with van der Waals surface area (Å²) in [6, 6.07) is 0. The van der Waals surface area contributed by atoms with E-state index in [0.29, 0.717) is 4.05 Å². The van der Waals surface area contributed by atoms with E-state index in [1.54, 1.807) is 6.20 Å². The van der Waals surface area contributed by atoms with Gasteiger partial charge in [-0.3, -0.25) is 0 Å². The zero-order valence-corrected chi connectivity index (χ0v) is 10.4. The summed E-state index contributed by atoms with van der Waals surface area (Å²) in [7, 11) is 0. The van der Waals surface area contributed by atoms with E-state index in [1.165, 1.54) is 0 Å². The van der Waals surface area contributed by atoms with Gasteiger partial charge in [0, 0.05) is 18.2 Å². The molecule has 0 spiro atoms. The monoisotopic (exact) mass is 358 g/mol. The van der Waals surface area contributed by atoms with Gasteiger partial charge in [0.1, 0.15) is 5.82 Å². The van der Waals surface area contributed by atoms with Gasteiger partial charge in [0.15, 0.2) is 0 Å². The summed E-state index contributed by atoms with van der Waals surface area (Å²) in [6.07, 6.45) is 2.67. The third kappa shape index (κ3) is 1.44. The Morgan fingerprint density at radius 1 is 1.75 bits per heavy atom. The van der Waals surface area contributed by atoms with Crippen molar-refractivity contribution < 1.29 is 0 Å². The molecule has 1 atom stereocenters. The number of alkyl halides is 1. The van der Waals surface area contributed by atoms with Crippen LogP contribution in [0.2, 0.25) is 5.02 Å². The first-order valence-electron chi connectivity index (χ1n) is 3.42. The fourth-order valence-corrected chi connectivity index (χ4v) is 2.49. The molecule has 1 N–H and O–H groups in total. The Morgan fingerprint density at radius 2 is 2.50 bits per heavy atom. The highest BCUT2D eigenvalue weighted by Crippen LogP contribution is 2.36. The van der Waals surface area contributed by atoms with Gasteiger partial charge in [0.2, 0.25) is 0 Å². The van der Waals surface area contributed by atoms with Crippen LogP contribution in [0, 0.1) is 0 Å². The fraction of sp³-hybridized carbons (Fsp3) is 0.286. The van der Waals surface area contributed by atoms with Crippen LogP contribution in [-0.2, 0) is 6.42 Å². The number of hydrogen-bond acceptors (Lipinski definition) is 2. The molecule has 2 heterocycles. The van der Waals surface area contributed by atoms with Crippen molar-refractivity contribution in [1.82, 2.24) is 4.98 Å². The predicted octanol–water partition coefficient (Wildman–Crippen LogP) is 3.23. The second-order valence-corrected chi connectivity index (χ2v) is 5.30. The van der Waals surface area contributed by atoms with Crippen molar-refractivity contribution in [3.05, 3.63) is 21.3 Å². The van der Waals surface area contributed by atoms with Gasteiger partial charge in [-0.05, 0) is 15.9 Å². The van der Waals surface area contributed by atoms with Crippen LogP contribution in [0.15, 0.2) is 10.7 Å². The van der Waals surface area contributed by atoms with E-state index >= 15 is 0 Å². The molecule has 2 rings (SSSR count). The van der Waals surface area contributed by atoms with Crippen molar-refractivity contribution in [1.29, 1.82) is 0 Å². The minimum Gasteiger partial charge on any atom is -0.358 e. The standard InChI is InChI=1S/C7H5BrClIN2/c8-4-2-11-7-3(6(4)9)1-5(10)12-7/h2,5H,1H2,(H,11,12). The third-order valence-electron chi connectivity index (χ3n) is 1.74. The van der Waals surface area contributed by atoms with Crippen molar-refractivity contribution in [2.24, 2.45) is 0 Å². The lowest BCUT2D eigenvalue weighted by Gasteiger charge is -2.01. The normalized spacial score (nSPS) is 20.4. The molecule has 0 saturated carbocycles. The highest BCUT2D eigenvalue weighted by molar-refractivity contribution is 14.1. The molecule has 0 aliphatic carbocycles. The first kappa shape index (κ1) is 9.02. The molecule has 0 aromatic carbocycles. The van der Waals surface area contributed by atoms with E-state index in [0.717, 1.165) is 27.3 Å². The fourth-order valence-electron chi connectivity index (χ4n) is 1.19. The number of rotatable bonds is 0. The van der Waals surface area contributed by atoms with E-state index in [4.69, 9.17) is 11.6 Å². The summed E-state index contributed by atoms with van der Waals surface area (Å²) in [4.78, 5) is 4.22. The molecule has 0 fully saturated rings. The number of nitrogens with one attached hydrogen (secondary N) is 1. The van der Waals surface area contributed by atoms with Crippen LogP contribution >= 0.6 is 50.1 Å². The van der Waals surface area contributed by atoms with Gasteiger partial charge in [-0.15, -0.1) is 0 Å². The molecular formula is C7H5BrClIN2. The Hall–Kier alpha value is 0.450. The topological polar surface area (TPSA) is 24.9 Å². The third-order valence-corrected chi connectivity index (χ3v) is 3.76. The number of hydrogen-bond donors (Lipinski definition) is 1. The maximum atomic E-state index is 6.07. The minimum absolute atomic E-state index is 0.414. The molecule has 2 nitrogen and oxygen atoms in total. The summed E-state index contributed by atoms with van der Waals surface area (Å²) in [5.41, 5.74) is 1.12. The van der Waals surface area contributed by atoms with Gasteiger partial charge in [-0.2, -0.15) is 0 Å². The molecule has 1 aliphatic heterocycles. The van der Waals surface area contributed by atoms with Gasteiger partial charge in [0.25, 0.3) is 0 Å². The van der Waals surface area contributed by atoms with Crippen LogP contribution < -0.4 is 5.32 Å². The Kier molecular flexibility index (Phi) is 2.49. The maximum absolute atomic E-state index is 6.07. The number of anilines is 1. The van der Waals surface area contributed by atoms with E-state index < -0.39 is 0 Å². The Morgan fingerprint density at radius 3 is 3.25 bits per heavy atom. The molecule has 5 heteroatoms. The first-order chi connectivity index (χ1) is 5.68. The minimum atomic E-state index is 0.414. The Balaban J connectivity index is 2.54. The van der Waals surface area contributed by atoms with Crippen LogP contribution in [0.1, 0.15) is 5.56 Å². The average Bonchev–Trinajstić information content (AvgIpc) is 2.39. The van der Waals surface area contributed by atoms with Crippen LogP contribution in [0.5, 0.6) is 0 Å². The Bertz CT molecular complexity index is 331. The van der Waals surface area contributed by atoms with E-state index in [9.17, 15) is 0 Å². The van der Waals surface area contributed by atoms with Gasteiger partial charge in [-0.1, -0.05) is 34.2 Å². The molecule has 1 unspecified atom stereocenters. The summed E-state index contributed by atoms with van der Waals surface area (Å²) in [5.74, 6) is 0.919. The van der Waals surface area contributed by atoms with Crippen molar-refractivity contribution in [3.8, 4) is 0 Å². The largest absolute Gasteiger partial charge is 0.358 e. The lowest BCUT2D eigenvalue weighted by molar-refractivity contribution is 1.07. The molecule has 0 bridgehead atoms. The van der Waals surface area contributed by atoms with Gasteiger partial charge < -0.3 is 5.32 Å². The molecule has 12 heavy (non-hydrogen) atoms. The zero-order chi connectivity index (χ0) is 8.72. The lowest BCUT2D eigenvalue weighted by Crippen LogP contribution is -2.04. The molecule has 64 valence electrons. The molecule has 0 amide bonds. The van der Waals surface area contributed by atoms with Crippen molar-refractivity contribution in [2.45, 2.75) is 10.5 Å². The van der Waals surface area contributed by atoms with Gasteiger partial charge in [-0.25, -0.2) is 4.98 Å². The molecule has 1 aromatic rings. The molecule has 0 saturated heterocycles. The number of pyridine rings is 1. The molecule has 1 aromatic heterocycles. The summed E-state index contributed by atoms with van der Waals surface area (Å²) < 4.78 is 1.28. The lowest BCUT2D eigenvalue weighted by atomic mass is 10.2. The van der Waals surface area contributed by atoms with E-state index in [-0.39, 0.29) is 0 Å². The van der Waals surface area contributed by atoms with Gasteiger partial charge >= 0.3 is 0 Å². The van der Waals surface area contributed by atoms with Crippen LogP contribution in [0.3, 0.4) is 0 Å². The van der Waals surface area contributed by atoms with E-state index in [2.05, 4.69) is 48.8 Å². The summed E-state index contributed by atoms with van der Waals surface area (Å²) >= 11 is 11.7. The van der Waals surface area contributed by atoms with Crippen molar-refractivity contribution in [3.63, 3.8) is 0 Å². The first-order valence-corrected chi connectivity index (χ1v) is 5.83. The number of aromatic nitrogens is 1. The number of halogens is 3.